The van der Waals surface area contributed by atoms with Gasteiger partial charge in [0.15, 0.2) is 17.6 Å². The first-order chi connectivity index (χ1) is 13.4. The number of ether oxygens (including phenoxy) is 4. The molecule has 0 aromatic heterocycles. The first kappa shape index (κ1) is 20.6. The Hall–Kier alpha value is -3.73. The second kappa shape index (κ2) is 9.28. The number of amides is 1. The van der Waals surface area contributed by atoms with E-state index in [1.54, 1.807) is 24.3 Å². The number of hydrogen-bond donors (Lipinski definition) is 1. The van der Waals surface area contributed by atoms with Crippen LogP contribution >= 0.6 is 0 Å². The van der Waals surface area contributed by atoms with Gasteiger partial charge in [-0.15, -0.1) is 0 Å². The number of rotatable bonds is 7. The van der Waals surface area contributed by atoms with Gasteiger partial charge in [0.1, 0.15) is 0 Å². The fraction of sp³-hybridized carbons (Fsp3) is 0.250. The number of carbonyl (C=O) groups is 2. The molecule has 1 atom stereocenters. The van der Waals surface area contributed by atoms with Gasteiger partial charge in [-0.25, -0.2) is 4.79 Å². The van der Waals surface area contributed by atoms with Crippen LogP contribution < -0.4 is 19.5 Å². The fourth-order valence-electron chi connectivity index (χ4n) is 2.35. The Morgan fingerprint density at radius 1 is 1.00 bits per heavy atom. The molecule has 8 nitrogen and oxygen atoms in total. The zero-order chi connectivity index (χ0) is 20.7. The number of esters is 1. The van der Waals surface area contributed by atoms with E-state index in [-0.39, 0.29) is 5.56 Å². The summed E-state index contributed by atoms with van der Waals surface area (Å²) in [6.45, 7) is 1.45. The van der Waals surface area contributed by atoms with Crippen LogP contribution in [0.1, 0.15) is 22.8 Å². The SMILES string of the molecule is COc1cc(C(=O)O[C@H](C)C(=O)Nc2ccc(C#N)cc2)cc(OC)c1OC. The van der Waals surface area contributed by atoms with Crippen molar-refractivity contribution in [2.75, 3.05) is 26.6 Å². The smallest absolute Gasteiger partial charge is 0.339 e. The first-order valence-corrected chi connectivity index (χ1v) is 8.25. The largest absolute Gasteiger partial charge is 0.493 e. The molecule has 0 unspecified atom stereocenters. The van der Waals surface area contributed by atoms with Gasteiger partial charge in [-0.3, -0.25) is 4.79 Å². The van der Waals surface area contributed by atoms with Crippen molar-refractivity contribution in [2.45, 2.75) is 13.0 Å². The third kappa shape index (κ3) is 4.71. The molecule has 0 aliphatic carbocycles. The van der Waals surface area contributed by atoms with Crippen LogP contribution in [0.3, 0.4) is 0 Å². The summed E-state index contributed by atoms with van der Waals surface area (Å²) in [4.78, 5) is 24.7. The van der Waals surface area contributed by atoms with Crippen LogP contribution in [-0.4, -0.2) is 39.3 Å². The van der Waals surface area contributed by atoms with Crippen LogP contribution in [0, 0.1) is 11.3 Å². The maximum Gasteiger partial charge on any atom is 0.339 e. The normalized spacial score (nSPS) is 11.0. The molecule has 0 aliphatic heterocycles. The van der Waals surface area contributed by atoms with Crippen LogP contribution in [0.4, 0.5) is 5.69 Å². The summed E-state index contributed by atoms with van der Waals surface area (Å²) in [5, 5.41) is 11.4. The molecule has 8 heteroatoms. The van der Waals surface area contributed by atoms with Crippen molar-refractivity contribution < 1.29 is 28.5 Å². The highest BCUT2D eigenvalue weighted by molar-refractivity contribution is 5.97. The minimum atomic E-state index is -1.05. The molecule has 0 saturated heterocycles. The summed E-state index contributed by atoms with van der Waals surface area (Å²) in [5.41, 5.74) is 1.10. The summed E-state index contributed by atoms with van der Waals surface area (Å²) >= 11 is 0. The maximum atomic E-state index is 12.4. The topological polar surface area (TPSA) is 107 Å². The van der Waals surface area contributed by atoms with Crippen LogP contribution in [0.15, 0.2) is 36.4 Å². The molecule has 0 saturated carbocycles. The molecule has 0 aliphatic rings. The van der Waals surface area contributed by atoms with Crippen molar-refractivity contribution in [1.29, 1.82) is 5.26 Å². The number of nitriles is 1. The molecule has 2 aromatic rings. The molecule has 0 bridgehead atoms. The Kier molecular flexibility index (Phi) is 6.82. The van der Waals surface area contributed by atoms with Crippen LogP contribution in [0.25, 0.3) is 0 Å². The van der Waals surface area contributed by atoms with E-state index < -0.39 is 18.0 Å². The molecule has 0 fully saturated rings. The van der Waals surface area contributed by atoms with Gasteiger partial charge in [0.05, 0.1) is 38.5 Å². The summed E-state index contributed by atoms with van der Waals surface area (Å²) in [7, 11) is 4.31. The van der Waals surface area contributed by atoms with Gasteiger partial charge in [0.2, 0.25) is 5.75 Å². The molecule has 0 spiro atoms. The Bertz CT molecular complexity index is 877. The summed E-state index contributed by atoms with van der Waals surface area (Å²) in [5.74, 6) is -0.299. The minimum Gasteiger partial charge on any atom is -0.493 e. The highest BCUT2D eigenvalue weighted by Crippen LogP contribution is 2.38. The molecule has 1 amide bonds. The van der Waals surface area contributed by atoms with Gasteiger partial charge in [-0.1, -0.05) is 0 Å². The predicted molar refractivity (Wildman–Crippen MR) is 101 cm³/mol. The number of nitrogens with zero attached hydrogens (tertiary/aromatic N) is 1. The minimum absolute atomic E-state index is 0.146. The van der Waals surface area contributed by atoms with Crippen molar-refractivity contribution in [3.63, 3.8) is 0 Å². The van der Waals surface area contributed by atoms with Crippen LogP contribution in [0.2, 0.25) is 0 Å². The Morgan fingerprint density at radius 3 is 2.04 bits per heavy atom. The summed E-state index contributed by atoms with van der Waals surface area (Å²) < 4.78 is 20.9. The van der Waals surface area contributed by atoms with Gasteiger partial charge < -0.3 is 24.3 Å². The van der Waals surface area contributed by atoms with E-state index in [0.29, 0.717) is 28.5 Å². The summed E-state index contributed by atoms with van der Waals surface area (Å²) in [6, 6.07) is 11.2. The highest BCUT2D eigenvalue weighted by Gasteiger charge is 2.22. The zero-order valence-electron chi connectivity index (χ0n) is 15.9. The molecule has 0 heterocycles. The lowest BCUT2D eigenvalue weighted by Gasteiger charge is -2.16. The van der Waals surface area contributed by atoms with Gasteiger partial charge in [-0.05, 0) is 43.3 Å². The lowest BCUT2D eigenvalue weighted by atomic mass is 10.2. The van der Waals surface area contributed by atoms with Crippen LogP contribution in [-0.2, 0) is 9.53 Å². The predicted octanol–water partition coefficient (Wildman–Crippen LogP) is 2.77. The van der Waals surface area contributed by atoms with Crippen molar-refractivity contribution in [2.24, 2.45) is 0 Å². The van der Waals surface area contributed by atoms with E-state index in [2.05, 4.69) is 5.32 Å². The summed E-state index contributed by atoms with van der Waals surface area (Å²) in [6.07, 6.45) is -1.05. The Labute approximate surface area is 162 Å². The number of nitrogens with one attached hydrogen (secondary N) is 1. The maximum absolute atomic E-state index is 12.4. The third-order valence-corrected chi connectivity index (χ3v) is 3.84. The van der Waals surface area contributed by atoms with Crippen LogP contribution in [0.5, 0.6) is 17.2 Å². The molecule has 1 N–H and O–H groups in total. The number of benzene rings is 2. The van der Waals surface area contributed by atoms with Gasteiger partial charge >= 0.3 is 5.97 Å². The lowest BCUT2D eigenvalue weighted by Crippen LogP contribution is -2.30. The van der Waals surface area contributed by atoms with E-state index >= 15 is 0 Å². The quantitative estimate of drug-likeness (QED) is 0.732. The van der Waals surface area contributed by atoms with Crippen molar-refractivity contribution >= 4 is 17.6 Å². The highest BCUT2D eigenvalue weighted by atomic mass is 16.5. The van der Waals surface area contributed by atoms with E-state index in [9.17, 15) is 9.59 Å². The van der Waals surface area contributed by atoms with E-state index in [1.165, 1.54) is 40.4 Å². The van der Waals surface area contributed by atoms with Crippen molar-refractivity contribution in [3.8, 4) is 23.3 Å². The van der Waals surface area contributed by atoms with Gasteiger partial charge in [-0.2, -0.15) is 5.26 Å². The average Bonchev–Trinajstić information content (AvgIpc) is 2.72. The molecular weight excluding hydrogens is 364 g/mol. The monoisotopic (exact) mass is 384 g/mol. The number of hydrogen-bond acceptors (Lipinski definition) is 7. The fourth-order valence-corrected chi connectivity index (χ4v) is 2.35. The van der Waals surface area contributed by atoms with Crippen molar-refractivity contribution in [3.05, 3.63) is 47.5 Å². The molecule has 2 rings (SSSR count). The van der Waals surface area contributed by atoms with E-state index in [4.69, 9.17) is 24.2 Å². The lowest BCUT2D eigenvalue weighted by molar-refractivity contribution is -0.123. The first-order valence-electron chi connectivity index (χ1n) is 8.25. The standard InChI is InChI=1S/C20H20N2O6/c1-12(19(23)22-15-7-5-13(11-21)6-8-15)28-20(24)14-9-16(25-2)18(27-4)17(10-14)26-3/h5-10,12H,1-4H3,(H,22,23)/t12-/m1/s1. The molecule has 146 valence electrons. The zero-order valence-corrected chi connectivity index (χ0v) is 15.9. The Balaban J connectivity index is 2.10. The second-order valence-electron chi connectivity index (χ2n) is 5.64. The number of carbonyl (C=O) groups excluding carboxylic acids is 2. The third-order valence-electron chi connectivity index (χ3n) is 3.84. The number of anilines is 1. The molecule has 2 aromatic carbocycles. The van der Waals surface area contributed by atoms with E-state index in [0.717, 1.165) is 0 Å². The molecule has 28 heavy (non-hydrogen) atoms. The van der Waals surface area contributed by atoms with Gasteiger partial charge in [0, 0.05) is 5.69 Å². The molecule has 0 radical (unpaired) electrons. The van der Waals surface area contributed by atoms with Gasteiger partial charge in [0.25, 0.3) is 5.91 Å². The van der Waals surface area contributed by atoms with Crippen molar-refractivity contribution in [1.82, 2.24) is 0 Å². The second-order valence-corrected chi connectivity index (χ2v) is 5.64. The number of methoxy groups -OCH3 is 3. The molecular formula is C20H20N2O6. The van der Waals surface area contributed by atoms with E-state index in [1.807, 2.05) is 6.07 Å². The Morgan fingerprint density at radius 2 is 1.57 bits per heavy atom. The average molecular weight is 384 g/mol.